The third kappa shape index (κ3) is 9.58. The van der Waals surface area contributed by atoms with Crippen LogP contribution in [0.2, 0.25) is 5.02 Å². The second kappa shape index (κ2) is 15.5. The van der Waals surface area contributed by atoms with Gasteiger partial charge in [-0.3, -0.25) is 24.0 Å². The predicted octanol–water partition coefficient (Wildman–Crippen LogP) is 6.32. The number of carbonyl (C=O) groups is 2. The molecule has 0 saturated carbocycles. The zero-order valence-electron chi connectivity index (χ0n) is 27.9. The van der Waals surface area contributed by atoms with E-state index in [1.807, 2.05) is 51.1 Å². The third-order valence-corrected chi connectivity index (χ3v) is 9.62. The normalized spacial score (nSPS) is 12.1. The summed E-state index contributed by atoms with van der Waals surface area (Å²) in [6, 6.07) is 24.6. The van der Waals surface area contributed by atoms with Crippen molar-refractivity contribution in [2.45, 2.75) is 57.1 Å². The summed E-state index contributed by atoms with van der Waals surface area (Å²) in [5.41, 5.74) is 0.764. The molecule has 1 N–H and O–H groups in total. The summed E-state index contributed by atoms with van der Waals surface area (Å²) in [4.78, 5) is 40.7. The molecule has 258 valence electrons. The molecular formula is C36H39ClN4O7S. The number of nitro benzene ring substituents is 1. The first-order valence-corrected chi connectivity index (χ1v) is 17.2. The Morgan fingerprint density at radius 2 is 1.59 bits per heavy atom. The lowest BCUT2D eigenvalue weighted by Gasteiger charge is -2.35. The number of benzene rings is 4. The molecule has 4 aromatic carbocycles. The molecule has 0 fully saturated rings. The third-order valence-electron chi connectivity index (χ3n) is 7.62. The van der Waals surface area contributed by atoms with E-state index in [2.05, 4.69) is 5.32 Å². The second-order valence-corrected chi connectivity index (χ2v) is 14.8. The zero-order chi connectivity index (χ0) is 35.9. The molecule has 0 radical (unpaired) electrons. The Kier molecular flexibility index (Phi) is 11.7. The fourth-order valence-corrected chi connectivity index (χ4v) is 6.84. The molecule has 0 spiro atoms. The van der Waals surface area contributed by atoms with Crippen molar-refractivity contribution in [3.05, 3.63) is 129 Å². The predicted molar refractivity (Wildman–Crippen MR) is 189 cm³/mol. The number of nitro groups is 1. The maximum absolute atomic E-state index is 14.6. The quantitative estimate of drug-likeness (QED) is 0.127. The van der Waals surface area contributed by atoms with Crippen LogP contribution in [-0.2, 0) is 32.6 Å². The van der Waals surface area contributed by atoms with Crippen molar-refractivity contribution in [3.8, 4) is 5.75 Å². The number of nitrogens with zero attached hydrogens (tertiary/aromatic N) is 3. The van der Waals surface area contributed by atoms with Crippen LogP contribution >= 0.6 is 11.6 Å². The first kappa shape index (κ1) is 36.9. The van der Waals surface area contributed by atoms with Crippen LogP contribution in [0.1, 0.15) is 37.5 Å². The number of anilines is 1. The van der Waals surface area contributed by atoms with Crippen molar-refractivity contribution in [3.63, 3.8) is 0 Å². The molecule has 0 aliphatic rings. The minimum Gasteiger partial charge on any atom is -0.497 e. The number of rotatable bonds is 13. The van der Waals surface area contributed by atoms with E-state index in [9.17, 15) is 28.1 Å². The molecule has 0 heterocycles. The highest BCUT2D eigenvalue weighted by Gasteiger charge is 2.36. The monoisotopic (exact) mass is 706 g/mol. The van der Waals surface area contributed by atoms with Gasteiger partial charge in [-0.1, -0.05) is 60.1 Å². The number of sulfonamides is 1. The molecule has 11 nitrogen and oxygen atoms in total. The molecule has 13 heteroatoms. The van der Waals surface area contributed by atoms with E-state index >= 15 is 0 Å². The average molecular weight is 707 g/mol. The molecule has 1 atom stereocenters. The van der Waals surface area contributed by atoms with Gasteiger partial charge in [-0.15, -0.1) is 0 Å². The van der Waals surface area contributed by atoms with Crippen LogP contribution in [0.4, 0.5) is 11.4 Å². The van der Waals surface area contributed by atoms with Crippen molar-refractivity contribution in [2.75, 3.05) is 18.0 Å². The lowest BCUT2D eigenvalue weighted by Crippen LogP contribution is -2.56. The number of hydrogen-bond acceptors (Lipinski definition) is 7. The fourth-order valence-electron chi connectivity index (χ4n) is 5.19. The largest absolute Gasteiger partial charge is 0.497 e. The number of halogens is 1. The number of ether oxygens (including phenoxy) is 1. The molecule has 0 bridgehead atoms. The summed E-state index contributed by atoms with van der Waals surface area (Å²) in [7, 11) is -3.11. The average Bonchev–Trinajstić information content (AvgIpc) is 3.04. The molecule has 4 rings (SSSR count). The van der Waals surface area contributed by atoms with E-state index in [1.54, 1.807) is 36.4 Å². The summed E-state index contributed by atoms with van der Waals surface area (Å²) in [5, 5.41) is 15.1. The van der Waals surface area contributed by atoms with Gasteiger partial charge in [-0.05, 0) is 81.3 Å². The van der Waals surface area contributed by atoms with Crippen molar-refractivity contribution >= 4 is 44.8 Å². The van der Waals surface area contributed by atoms with Crippen LogP contribution < -0.4 is 14.4 Å². The molecule has 0 aromatic heterocycles. The first-order chi connectivity index (χ1) is 23.1. The number of hydrogen-bond donors (Lipinski definition) is 1. The zero-order valence-corrected chi connectivity index (χ0v) is 29.5. The van der Waals surface area contributed by atoms with E-state index in [-0.39, 0.29) is 34.8 Å². The lowest BCUT2D eigenvalue weighted by atomic mass is 10.0. The van der Waals surface area contributed by atoms with Gasteiger partial charge in [0, 0.05) is 35.2 Å². The molecule has 0 aliphatic carbocycles. The number of nitrogens with one attached hydrogen (secondary N) is 1. The van der Waals surface area contributed by atoms with Crippen LogP contribution in [0.15, 0.2) is 102 Å². The highest BCUT2D eigenvalue weighted by molar-refractivity contribution is 7.92. The van der Waals surface area contributed by atoms with E-state index in [1.165, 1.54) is 43.2 Å². The van der Waals surface area contributed by atoms with Gasteiger partial charge in [-0.2, -0.15) is 0 Å². The Morgan fingerprint density at radius 1 is 0.939 bits per heavy atom. The number of carbonyl (C=O) groups excluding carboxylic acids is 2. The van der Waals surface area contributed by atoms with Crippen LogP contribution in [-0.4, -0.2) is 55.3 Å². The minimum atomic E-state index is -4.57. The van der Waals surface area contributed by atoms with Gasteiger partial charge in [0.15, 0.2) is 0 Å². The van der Waals surface area contributed by atoms with Crippen molar-refractivity contribution in [1.29, 1.82) is 0 Å². The van der Waals surface area contributed by atoms with Crippen LogP contribution in [0.25, 0.3) is 0 Å². The van der Waals surface area contributed by atoms with Crippen molar-refractivity contribution in [2.24, 2.45) is 0 Å². The summed E-state index contributed by atoms with van der Waals surface area (Å²) in [5.74, 6) is -0.673. The van der Waals surface area contributed by atoms with E-state index in [0.29, 0.717) is 16.3 Å². The number of amides is 2. The Balaban J connectivity index is 1.86. The Bertz CT molecular complexity index is 1910. The smallest absolute Gasteiger partial charge is 0.273 e. The second-order valence-electron chi connectivity index (χ2n) is 12.5. The molecule has 0 aliphatic heterocycles. The molecule has 49 heavy (non-hydrogen) atoms. The summed E-state index contributed by atoms with van der Waals surface area (Å²) < 4.78 is 34.8. The number of methoxy groups -OCH3 is 1. The highest BCUT2D eigenvalue weighted by Crippen LogP contribution is 2.30. The highest BCUT2D eigenvalue weighted by atomic mass is 35.5. The van der Waals surface area contributed by atoms with E-state index in [4.69, 9.17) is 16.3 Å². The van der Waals surface area contributed by atoms with Gasteiger partial charge in [0.2, 0.25) is 11.8 Å². The van der Waals surface area contributed by atoms with E-state index < -0.39 is 44.9 Å². The van der Waals surface area contributed by atoms with Gasteiger partial charge in [-0.25, -0.2) is 8.42 Å². The summed E-state index contributed by atoms with van der Waals surface area (Å²) in [6.45, 7) is 6.18. The standard InChI is InChI=1S/C36H39ClN4O7S/c1-25-14-19-31(22-32(25)41(44)45)49(46,47)40(29-15-17-30(48-5)18-16-29)24-34(42)39(23-27-12-9-13-28(37)20-27)33(35(43)38-36(2,3)4)21-26-10-7-6-8-11-26/h6-20,22,33H,21,23-24H2,1-5H3,(H,38,43). The first-order valence-electron chi connectivity index (χ1n) is 15.4. The van der Waals surface area contributed by atoms with E-state index in [0.717, 1.165) is 15.9 Å². The van der Waals surface area contributed by atoms with Gasteiger partial charge < -0.3 is 15.0 Å². The van der Waals surface area contributed by atoms with Crippen molar-refractivity contribution < 1.29 is 27.7 Å². The van der Waals surface area contributed by atoms with Crippen LogP contribution in [0.3, 0.4) is 0 Å². The Labute approximate surface area is 291 Å². The van der Waals surface area contributed by atoms with Gasteiger partial charge in [0.05, 0.1) is 22.6 Å². The minimum absolute atomic E-state index is 0.0685. The maximum Gasteiger partial charge on any atom is 0.273 e. The van der Waals surface area contributed by atoms with Crippen molar-refractivity contribution in [1.82, 2.24) is 10.2 Å². The summed E-state index contributed by atoms with van der Waals surface area (Å²) >= 11 is 6.30. The van der Waals surface area contributed by atoms with Crippen LogP contribution in [0, 0.1) is 17.0 Å². The Hall–Kier alpha value is -4.94. The Morgan fingerprint density at radius 3 is 2.18 bits per heavy atom. The maximum atomic E-state index is 14.6. The molecular weight excluding hydrogens is 668 g/mol. The summed E-state index contributed by atoms with van der Waals surface area (Å²) in [6.07, 6.45) is 0.133. The molecule has 4 aromatic rings. The molecule has 1 unspecified atom stereocenters. The lowest BCUT2D eigenvalue weighted by molar-refractivity contribution is -0.385. The fraction of sp³-hybridized carbons (Fsp3) is 0.278. The van der Waals surface area contributed by atoms with Gasteiger partial charge in [0.1, 0.15) is 18.3 Å². The van der Waals surface area contributed by atoms with Gasteiger partial charge in [0.25, 0.3) is 15.7 Å². The SMILES string of the molecule is COc1ccc(N(CC(=O)N(Cc2cccc(Cl)c2)C(Cc2ccccc2)C(=O)NC(C)(C)C)S(=O)(=O)c2ccc(C)c([N+](=O)[O-])c2)cc1. The number of aryl methyl sites for hydroxylation is 1. The molecule has 0 saturated heterocycles. The molecule has 2 amide bonds. The van der Waals surface area contributed by atoms with Crippen LogP contribution in [0.5, 0.6) is 5.75 Å². The van der Waals surface area contributed by atoms with Gasteiger partial charge >= 0.3 is 0 Å². The topological polar surface area (TPSA) is 139 Å².